The first-order chi connectivity index (χ1) is 13.8. The zero-order chi connectivity index (χ0) is 19.4. The number of aromatic nitrogens is 1. The molecule has 2 aromatic rings. The van der Waals surface area contributed by atoms with E-state index in [9.17, 15) is 0 Å². The molecule has 1 aromatic heterocycles. The standard InChI is InChI=1S/C21H29N5O2/c1-2-22-21(25-13-6-5-12-24-20-7-3-4-11-23-20)26-14-10-17-8-9-18-19(15-17)28-16-27-18/h3-4,7-9,11,15H,2,5-6,10,12-14,16H2,1H3,(H,23,24)(H2,22,25,26). The van der Waals surface area contributed by atoms with Crippen molar-refractivity contribution in [3.8, 4) is 11.5 Å². The van der Waals surface area contributed by atoms with Crippen LogP contribution in [-0.4, -0.2) is 43.9 Å². The second-order valence-electron chi connectivity index (χ2n) is 6.47. The Morgan fingerprint density at radius 2 is 2.00 bits per heavy atom. The molecule has 0 spiro atoms. The van der Waals surface area contributed by atoms with Crippen molar-refractivity contribution in [2.75, 3.05) is 38.3 Å². The van der Waals surface area contributed by atoms with Crippen LogP contribution in [-0.2, 0) is 6.42 Å². The summed E-state index contributed by atoms with van der Waals surface area (Å²) in [6.45, 7) is 5.74. The number of anilines is 1. The lowest BCUT2D eigenvalue weighted by Gasteiger charge is -2.11. The summed E-state index contributed by atoms with van der Waals surface area (Å²) in [6.07, 6.45) is 4.77. The summed E-state index contributed by atoms with van der Waals surface area (Å²) < 4.78 is 10.8. The highest BCUT2D eigenvalue weighted by Gasteiger charge is 2.12. The molecule has 2 heterocycles. The van der Waals surface area contributed by atoms with Gasteiger partial charge in [0.1, 0.15) is 5.82 Å². The monoisotopic (exact) mass is 383 g/mol. The van der Waals surface area contributed by atoms with E-state index in [0.717, 1.165) is 68.7 Å². The van der Waals surface area contributed by atoms with E-state index >= 15 is 0 Å². The Morgan fingerprint density at radius 1 is 1.07 bits per heavy atom. The van der Waals surface area contributed by atoms with Crippen LogP contribution in [0, 0.1) is 0 Å². The quantitative estimate of drug-likeness (QED) is 0.333. The lowest BCUT2D eigenvalue weighted by atomic mass is 10.1. The van der Waals surface area contributed by atoms with Gasteiger partial charge in [0.15, 0.2) is 17.5 Å². The van der Waals surface area contributed by atoms with Crippen LogP contribution < -0.4 is 25.4 Å². The van der Waals surface area contributed by atoms with Crippen LogP contribution in [0.1, 0.15) is 25.3 Å². The molecule has 0 radical (unpaired) electrons. The number of rotatable bonds is 10. The van der Waals surface area contributed by atoms with Gasteiger partial charge < -0.3 is 25.4 Å². The molecular weight excluding hydrogens is 354 g/mol. The van der Waals surface area contributed by atoms with Gasteiger partial charge in [-0.2, -0.15) is 0 Å². The lowest BCUT2D eigenvalue weighted by Crippen LogP contribution is -2.38. The molecule has 0 bridgehead atoms. The van der Waals surface area contributed by atoms with E-state index in [1.807, 2.05) is 30.3 Å². The second-order valence-corrected chi connectivity index (χ2v) is 6.47. The van der Waals surface area contributed by atoms with Crippen LogP contribution in [0.2, 0.25) is 0 Å². The number of benzene rings is 1. The van der Waals surface area contributed by atoms with E-state index in [1.54, 1.807) is 6.20 Å². The molecular formula is C21H29N5O2. The van der Waals surface area contributed by atoms with Gasteiger partial charge in [-0.1, -0.05) is 12.1 Å². The Hall–Kier alpha value is -2.96. The Balaban J connectivity index is 1.34. The number of aliphatic imine (C=N–C) groups is 1. The first-order valence-electron chi connectivity index (χ1n) is 9.91. The summed E-state index contributed by atoms with van der Waals surface area (Å²) in [5.41, 5.74) is 1.22. The molecule has 28 heavy (non-hydrogen) atoms. The molecule has 7 heteroatoms. The smallest absolute Gasteiger partial charge is 0.231 e. The van der Waals surface area contributed by atoms with Crippen LogP contribution in [0.5, 0.6) is 11.5 Å². The number of nitrogens with zero attached hydrogens (tertiary/aromatic N) is 2. The highest BCUT2D eigenvalue weighted by atomic mass is 16.7. The lowest BCUT2D eigenvalue weighted by molar-refractivity contribution is 0.174. The van der Waals surface area contributed by atoms with E-state index in [0.29, 0.717) is 6.79 Å². The molecule has 150 valence electrons. The number of ether oxygens (including phenoxy) is 2. The maximum absolute atomic E-state index is 5.43. The molecule has 1 aromatic carbocycles. The molecule has 1 aliphatic rings. The summed E-state index contributed by atoms with van der Waals surface area (Å²) in [7, 11) is 0. The summed E-state index contributed by atoms with van der Waals surface area (Å²) in [4.78, 5) is 8.91. The predicted molar refractivity (Wildman–Crippen MR) is 112 cm³/mol. The minimum atomic E-state index is 0.311. The average Bonchev–Trinajstić information content (AvgIpc) is 3.19. The number of hydrogen-bond acceptors (Lipinski definition) is 5. The molecule has 7 nitrogen and oxygen atoms in total. The van der Waals surface area contributed by atoms with Crippen molar-refractivity contribution in [3.63, 3.8) is 0 Å². The molecule has 3 rings (SSSR count). The Morgan fingerprint density at radius 3 is 2.86 bits per heavy atom. The first kappa shape index (κ1) is 19.8. The molecule has 0 saturated heterocycles. The van der Waals surface area contributed by atoms with E-state index in [4.69, 9.17) is 9.47 Å². The zero-order valence-corrected chi connectivity index (χ0v) is 16.4. The van der Waals surface area contributed by atoms with Crippen molar-refractivity contribution >= 4 is 11.8 Å². The predicted octanol–water partition coefficient (Wildman–Crippen LogP) is 2.80. The van der Waals surface area contributed by atoms with Crippen LogP contribution in [0.15, 0.2) is 47.6 Å². The fourth-order valence-electron chi connectivity index (χ4n) is 2.87. The largest absolute Gasteiger partial charge is 0.454 e. The Bertz CT molecular complexity index is 752. The van der Waals surface area contributed by atoms with Gasteiger partial charge in [-0.25, -0.2) is 4.98 Å². The van der Waals surface area contributed by atoms with E-state index < -0.39 is 0 Å². The molecule has 0 unspecified atom stereocenters. The van der Waals surface area contributed by atoms with Crippen molar-refractivity contribution in [1.29, 1.82) is 0 Å². The Kier molecular flexibility index (Phi) is 7.78. The minimum Gasteiger partial charge on any atom is -0.454 e. The highest BCUT2D eigenvalue weighted by molar-refractivity contribution is 5.79. The van der Waals surface area contributed by atoms with Crippen molar-refractivity contribution in [2.24, 2.45) is 4.99 Å². The van der Waals surface area contributed by atoms with E-state index in [-0.39, 0.29) is 0 Å². The summed E-state index contributed by atoms with van der Waals surface area (Å²) in [5, 5.41) is 10.0. The topological polar surface area (TPSA) is 79.8 Å². The third kappa shape index (κ3) is 6.33. The number of guanidine groups is 1. The van der Waals surface area contributed by atoms with Crippen LogP contribution >= 0.6 is 0 Å². The fourth-order valence-corrected chi connectivity index (χ4v) is 2.87. The van der Waals surface area contributed by atoms with Crippen LogP contribution in [0.4, 0.5) is 5.82 Å². The van der Waals surface area contributed by atoms with E-state index in [1.165, 1.54) is 5.56 Å². The summed E-state index contributed by atoms with van der Waals surface area (Å²) >= 11 is 0. The van der Waals surface area contributed by atoms with E-state index in [2.05, 4.69) is 38.9 Å². The molecule has 3 N–H and O–H groups in total. The molecule has 1 aliphatic heterocycles. The van der Waals surface area contributed by atoms with Gasteiger partial charge in [-0.15, -0.1) is 0 Å². The van der Waals surface area contributed by atoms with Crippen molar-refractivity contribution in [1.82, 2.24) is 15.6 Å². The maximum atomic E-state index is 5.43. The molecule has 0 fully saturated rings. The molecule has 0 saturated carbocycles. The van der Waals surface area contributed by atoms with Gasteiger partial charge in [-0.3, -0.25) is 4.99 Å². The number of unbranched alkanes of at least 4 members (excludes halogenated alkanes) is 1. The first-order valence-corrected chi connectivity index (χ1v) is 9.91. The van der Waals surface area contributed by atoms with Gasteiger partial charge in [-0.05, 0) is 56.0 Å². The van der Waals surface area contributed by atoms with Gasteiger partial charge >= 0.3 is 0 Å². The molecule has 0 aliphatic carbocycles. The third-order valence-electron chi connectivity index (χ3n) is 4.31. The number of hydrogen-bond donors (Lipinski definition) is 3. The zero-order valence-electron chi connectivity index (χ0n) is 16.4. The van der Waals surface area contributed by atoms with Crippen molar-refractivity contribution < 1.29 is 9.47 Å². The number of pyridine rings is 1. The average molecular weight is 383 g/mol. The number of nitrogens with one attached hydrogen (secondary N) is 3. The van der Waals surface area contributed by atoms with Crippen LogP contribution in [0.25, 0.3) is 0 Å². The van der Waals surface area contributed by atoms with Crippen molar-refractivity contribution in [2.45, 2.75) is 26.2 Å². The van der Waals surface area contributed by atoms with Gasteiger partial charge in [0.25, 0.3) is 0 Å². The summed E-state index contributed by atoms with van der Waals surface area (Å²) in [6, 6.07) is 12.0. The highest BCUT2D eigenvalue weighted by Crippen LogP contribution is 2.32. The van der Waals surface area contributed by atoms with Gasteiger partial charge in [0.05, 0.1) is 0 Å². The third-order valence-corrected chi connectivity index (χ3v) is 4.31. The molecule has 0 amide bonds. The fraction of sp³-hybridized carbons (Fsp3) is 0.429. The van der Waals surface area contributed by atoms with Crippen molar-refractivity contribution in [3.05, 3.63) is 48.2 Å². The van der Waals surface area contributed by atoms with Gasteiger partial charge in [0.2, 0.25) is 6.79 Å². The summed E-state index contributed by atoms with van der Waals surface area (Å²) in [5.74, 6) is 3.44. The SMILES string of the molecule is CCNC(=NCCCCNc1ccccn1)NCCc1ccc2c(c1)OCO2. The molecule has 0 atom stereocenters. The van der Waals surface area contributed by atoms with Gasteiger partial charge in [0, 0.05) is 32.4 Å². The minimum absolute atomic E-state index is 0.311. The Labute approximate surface area is 166 Å². The normalized spacial score (nSPS) is 12.7. The second kappa shape index (κ2) is 11.0. The van der Waals surface area contributed by atoms with Crippen LogP contribution in [0.3, 0.4) is 0 Å². The maximum Gasteiger partial charge on any atom is 0.231 e. The number of fused-ring (bicyclic) bond motifs is 1.